The molecule has 1 saturated heterocycles. The van der Waals surface area contributed by atoms with Crippen LogP contribution in [-0.2, 0) is 9.53 Å². The van der Waals surface area contributed by atoms with Crippen molar-refractivity contribution in [2.75, 3.05) is 18.9 Å². The Morgan fingerprint density at radius 1 is 1.27 bits per heavy atom. The molecule has 6 nitrogen and oxygen atoms in total. The highest BCUT2D eigenvalue weighted by Gasteiger charge is 2.19. The fourth-order valence-corrected chi connectivity index (χ4v) is 4.38. The number of aromatic nitrogens is 2. The third kappa shape index (κ3) is 5.72. The van der Waals surface area contributed by atoms with Crippen molar-refractivity contribution >= 4 is 23.7 Å². The molecule has 4 rings (SSSR count). The first-order valence-corrected chi connectivity index (χ1v) is 12.1. The second kappa shape index (κ2) is 11.0. The lowest BCUT2D eigenvalue weighted by Crippen LogP contribution is -2.32. The number of ether oxygens (including phenoxy) is 1. The van der Waals surface area contributed by atoms with Crippen LogP contribution < -0.4 is 5.32 Å². The Morgan fingerprint density at radius 2 is 2.06 bits per heavy atom. The fraction of sp³-hybridized carbons (Fsp3) is 0.269. The van der Waals surface area contributed by atoms with E-state index in [9.17, 15) is 10.1 Å². The predicted octanol–water partition coefficient (Wildman–Crippen LogP) is 4.85. The van der Waals surface area contributed by atoms with E-state index in [1.165, 1.54) is 4.90 Å². The molecule has 3 aromatic rings. The second-order valence-electron chi connectivity index (χ2n) is 7.69. The summed E-state index contributed by atoms with van der Waals surface area (Å²) in [7, 11) is 0. The van der Waals surface area contributed by atoms with E-state index in [2.05, 4.69) is 24.4 Å². The molecular formula is C26H26N4O2S. The highest BCUT2D eigenvalue weighted by molar-refractivity contribution is 7.99. The van der Waals surface area contributed by atoms with Crippen LogP contribution in [0.1, 0.15) is 25.3 Å². The number of carbonyl (C=O) groups is 1. The molecule has 1 aliphatic heterocycles. The minimum atomic E-state index is -0.402. The number of rotatable bonds is 8. The average Bonchev–Trinajstić information content (AvgIpc) is 3.52. The van der Waals surface area contributed by atoms with Crippen LogP contribution >= 0.6 is 11.8 Å². The molecule has 1 aromatic heterocycles. The Bertz CT molecular complexity index is 1160. The summed E-state index contributed by atoms with van der Waals surface area (Å²) in [5.41, 5.74) is 3.29. The third-order valence-corrected chi connectivity index (χ3v) is 6.28. The van der Waals surface area contributed by atoms with Crippen molar-refractivity contribution in [1.29, 1.82) is 5.26 Å². The van der Waals surface area contributed by atoms with Crippen LogP contribution in [0, 0.1) is 11.3 Å². The average molecular weight is 459 g/mol. The molecule has 1 fully saturated rings. The number of benzene rings is 2. The maximum Gasteiger partial charge on any atom is 0.262 e. The highest BCUT2D eigenvalue weighted by atomic mass is 32.2. The van der Waals surface area contributed by atoms with Gasteiger partial charge in [0.05, 0.1) is 17.5 Å². The smallest absolute Gasteiger partial charge is 0.262 e. The number of carbonyl (C=O) groups excluding carboxylic acids is 1. The summed E-state index contributed by atoms with van der Waals surface area (Å²) in [6.45, 7) is 3.25. The third-order valence-electron chi connectivity index (χ3n) is 5.38. The van der Waals surface area contributed by atoms with Gasteiger partial charge in [-0.25, -0.2) is 4.68 Å². The molecule has 7 heteroatoms. The number of amides is 1. The highest BCUT2D eigenvalue weighted by Crippen LogP contribution is 2.28. The zero-order valence-corrected chi connectivity index (χ0v) is 19.3. The van der Waals surface area contributed by atoms with Crippen molar-refractivity contribution in [2.45, 2.75) is 30.8 Å². The zero-order chi connectivity index (χ0) is 23.0. The van der Waals surface area contributed by atoms with Crippen LogP contribution in [0.2, 0.25) is 0 Å². The van der Waals surface area contributed by atoms with Gasteiger partial charge in [-0.1, -0.05) is 37.3 Å². The van der Waals surface area contributed by atoms with Crippen LogP contribution in [0.5, 0.6) is 0 Å². The number of thioether (sulfide) groups is 1. The number of nitrogens with one attached hydrogen (secondary N) is 1. The molecule has 0 saturated carbocycles. The van der Waals surface area contributed by atoms with E-state index in [0.717, 1.165) is 36.5 Å². The molecule has 1 aliphatic rings. The first-order valence-electron chi connectivity index (χ1n) is 11.1. The van der Waals surface area contributed by atoms with E-state index < -0.39 is 5.91 Å². The van der Waals surface area contributed by atoms with Gasteiger partial charge >= 0.3 is 0 Å². The number of hydrogen-bond acceptors (Lipinski definition) is 5. The molecule has 1 amide bonds. The summed E-state index contributed by atoms with van der Waals surface area (Å²) >= 11 is 1.78. The number of nitriles is 1. The molecule has 168 valence electrons. The van der Waals surface area contributed by atoms with Gasteiger partial charge in [-0.15, -0.1) is 11.8 Å². The van der Waals surface area contributed by atoms with Crippen molar-refractivity contribution in [1.82, 2.24) is 15.1 Å². The van der Waals surface area contributed by atoms with Crippen LogP contribution in [0.15, 0.2) is 71.3 Å². The molecular weight excluding hydrogens is 432 g/mol. The summed E-state index contributed by atoms with van der Waals surface area (Å²) in [5.74, 6) is 0.601. The van der Waals surface area contributed by atoms with Gasteiger partial charge in [-0.3, -0.25) is 4.79 Å². The first-order chi connectivity index (χ1) is 16.2. The van der Waals surface area contributed by atoms with Crippen LogP contribution in [0.25, 0.3) is 23.0 Å². The minimum Gasteiger partial charge on any atom is -0.376 e. The molecule has 0 bridgehead atoms. The van der Waals surface area contributed by atoms with Gasteiger partial charge in [-0.05, 0) is 48.9 Å². The molecule has 0 radical (unpaired) electrons. The van der Waals surface area contributed by atoms with Crippen LogP contribution in [0.4, 0.5) is 0 Å². The van der Waals surface area contributed by atoms with E-state index in [1.807, 2.05) is 54.7 Å². The molecule has 0 spiro atoms. The van der Waals surface area contributed by atoms with Crippen LogP contribution in [0.3, 0.4) is 0 Å². The van der Waals surface area contributed by atoms with Gasteiger partial charge in [0, 0.05) is 35.4 Å². The first kappa shape index (κ1) is 22.8. The van der Waals surface area contributed by atoms with Gasteiger partial charge < -0.3 is 10.1 Å². The lowest BCUT2D eigenvalue weighted by molar-refractivity contribution is -0.117. The Balaban J connectivity index is 1.66. The molecule has 1 unspecified atom stereocenters. The van der Waals surface area contributed by atoms with Gasteiger partial charge in [0.15, 0.2) is 0 Å². The molecule has 2 heterocycles. The SMILES string of the molecule is CCSc1ccc(-c2nn(-c3ccccc3)cc2C=C(C#N)C(=O)NCC2CCCO2)cc1. The monoisotopic (exact) mass is 458 g/mol. The van der Waals surface area contributed by atoms with Crippen molar-refractivity contribution in [3.63, 3.8) is 0 Å². The predicted molar refractivity (Wildman–Crippen MR) is 131 cm³/mol. The van der Waals surface area contributed by atoms with Gasteiger partial charge in [0.2, 0.25) is 0 Å². The van der Waals surface area contributed by atoms with E-state index in [0.29, 0.717) is 17.8 Å². The lowest BCUT2D eigenvalue weighted by atomic mass is 10.1. The van der Waals surface area contributed by atoms with Crippen molar-refractivity contribution < 1.29 is 9.53 Å². The topological polar surface area (TPSA) is 79.9 Å². The Kier molecular flexibility index (Phi) is 7.61. The van der Waals surface area contributed by atoms with E-state index >= 15 is 0 Å². The van der Waals surface area contributed by atoms with Gasteiger partial charge in [0.25, 0.3) is 5.91 Å². The quantitative estimate of drug-likeness (QED) is 0.296. The molecule has 1 N–H and O–H groups in total. The van der Waals surface area contributed by atoms with Gasteiger partial charge in [0.1, 0.15) is 11.6 Å². The minimum absolute atomic E-state index is 0.0183. The molecule has 1 atom stereocenters. The zero-order valence-electron chi connectivity index (χ0n) is 18.5. The summed E-state index contributed by atoms with van der Waals surface area (Å²) in [6, 6.07) is 20.0. The maximum atomic E-state index is 12.7. The Labute approximate surface area is 198 Å². The number of nitrogens with zero attached hydrogens (tertiary/aromatic N) is 3. The summed E-state index contributed by atoms with van der Waals surface area (Å²) in [5, 5.41) is 17.3. The standard InChI is InChI=1S/C26H26N4O2S/c1-2-33-24-12-10-19(11-13-24)25-21(18-30(29-25)22-7-4-3-5-8-22)15-20(16-27)26(31)28-17-23-9-6-14-32-23/h3-5,7-8,10-13,15,18,23H,2,6,9,14,17H2,1H3,(H,28,31). The Hall–Kier alpha value is -3.34. The summed E-state index contributed by atoms with van der Waals surface area (Å²) in [6.07, 6.45) is 5.40. The van der Waals surface area contributed by atoms with Crippen LogP contribution in [-0.4, -0.2) is 40.7 Å². The largest absolute Gasteiger partial charge is 0.376 e. The number of hydrogen-bond donors (Lipinski definition) is 1. The molecule has 33 heavy (non-hydrogen) atoms. The number of para-hydroxylation sites is 1. The lowest BCUT2D eigenvalue weighted by Gasteiger charge is -2.10. The van der Waals surface area contributed by atoms with Crippen molar-refractivity contribution in [2.24, 2.45) is 0 Å². The molecule has 0 aliphatic carbocycles. The Morgan fingerprint density at radius 3 is 2.73 bits per heavy atom. The maximum absolute atomic E-state index is 12.7. The van der Waals surface area contributed by atoms with E-state index in [1.54, 1.807) is 22.5 Å². The van der Waals surface area contributed by atoms with Crippen molar-refractivity contribution in [3.05, 3.63) is 71.9 Å². The van der Waals surface area contributed by atoms with E-state index in [4.69, 9.17) is 9.84 Å². The summed E-state index contributed by atoms with van der Waals surface area (Å²) < 4.78 is 7.33. The van der Waals surface area contributed by atoms with E-state index in [-0.39, 0.29) is 11.7 Å². The normalized spacial score (nSPS) is 15.9. The summed E-state index contributed by atoms with van der Waals surface area (Å²) in [4.78, 5) is 13.9. The van der Waals surface area contributed by atoms with Gasteiger partial charge in [-0.2, -0.15) is 10.4 Å². The van der Waals surface area contributed by atoms with Crippen molar-refractivity contribution in [3.8, 4) is 23.0 Å². The molecule has 2 aromatic carbocycles. The second-order valence-corrected chi connectivity index (χ2v) is 9.02. The fourth-order valence-electron chi connectivity index (χ4n) is 3.72.